The normalized spacial score (nSPS) is 25.8. The third-order valence-electron chi connectivity index (χ3n) is 2.76. The van der Waals surface area contributed by atoms with Crippen LogP contribution < -0.4 is 0 Å². The molecule has 0 radical (unpaired) electrons. The highest BCUT2D eigenvalue weighted by Gasteiger charge is 2.27. The molecule has 0 spiro atoms. The number of ether oxygens (including phenoxy) is 1. The molecule has 88 valence electrons. The summed E-state index contributed by atoms with van der Waals surface area (Å²) >= 11 is 1.52. The molecule has 0 unspecified atom stereocenters. The zero-order valence-electron chi connectivity index (χ0n) is 9.90. The van der Waals surface area contributed by atoms with E-state index in [4.69, 9.17) is 4.74 Å². The average molecular weight is 239 g/mol. The Morgan fingerprint density at radius 3 is 2.56 bits per heavy atom. The van der Waals surface area contributed by atoms with Crippen LogP contribution in [0.25, 0.3) is 0 Å². The highest BCUT2D eigenvalue weighted by Crippen LogP contribution is 2.20. The van der Waals surface area contributed by atoms with Gasteiger partial charge >= 0.3 is 0 Å². The topological polar surface area (TPSA) is 29.5 Å². The van der Waals surface area contributed by atoms with Gasteiger partial charge in [0, 0.05) is 13.1 Å². The maximum absolute atomic E-state index is 12.3. The summed E-state index contributed by atoms with van der Waals surface area (Å²) in [5.41, 5.74) is 1.07. The minimum Gasteiger partial charge on any atom is -0.372 e. The Balaban J connectivity index is 2.13. The van der Waals surface area contributed by atoms with Gasteiger partial charge in [-0.1, -0.05) is 0 Å². The third-order valence-corrected chi connectivity index (χ3v) is 3.77. The Bertz CT molecular complexity index is 378. The van der Waals surface area contributed by atoms with E-state index in [0.29, 0.717) is 13.1 Å². The van der Waals surface area contributed by atoms with E-state index in [-0.39, 0.29) is 18.1 Å². The van der Waals surface area contributed by atoms with Crippen LogP contribution in [0.4, 0.5) is 0 Å². The van der Waals surface area contributed by atoms with Gasteiger partial charge in [-0.05, 0) is 37.8 Å². The summed E-state index contributed by atoms with van der Waals surface area (Å²) < 4.78 is 5.62. The number of morpholine rings is 1. The number of amides is 1. The predicted molar refractivity (Wildman–Crippen MR) is 65.0 cm³/mol. The molecule has 1 aromatic heterocycles. The second-order valence-electron chi connectivity index (χ2n) is 4.40. The predicted octanol–water partition coefficient (Wildman–Crippen LogP) is 2.31. The Kier molecular flexibility index (Phi) is 3.30. The molecule has 2 heterocycles. The van der Waals surface area contributed by atoms with E-state index in [1.54, 1.807) is 0 Å². The lowest BCUT2D eigenvalue weighted by molar-refractivity contribution is -0.0585. The Hall–Kier alpha value is -0.870. The first-order chi connectivity index (χ1) is 7.58. The van der Waals surface area contributed by atoms with Crippen molar-refractivity contribution in [3.63, 3.8) is 0 Å². The third kappa shape index (κ3) is 2.28. The first-order valence-corrected chi connectivity index (χ1v) is 6.44. The minimum atomic E-state index is 0.132. The second-order valence-corrected chi connectivity index (χ2v) is 5.32. The van der Waals surface area contributed by atoms with Gasteiger partial charge in [-0.15, -0.1) is 11.3 Å². The minimum absolute atomic E-state index is 0.132. The lowest BCUT2D eigenvalue weighted by Gasteiger charge is -2.35. The highest BCUT2D eigenvalue weighted by atomic mass is 32.1. The number of aryl methyl sites for hydroxylation is 1. The van der Waals surface area contributed by atoms with Gasteiger partial charge in [-0.25, -0.2) is 0 Å². The smallest absolute Gasteiger partial charge is 0.264 e. The van der Waals surface area contributed by atoms with Crippen LogP contribution >= 0.6 is 11.3 Å². The van der Waals surface area contributed by atoms with Crippen molar-refractivity contribution in [3.8, 4) is 0 Å². The SMILES string of the molecule is Cc1ccsc1C(=O)N1C[C@@H](C)O[C@@H](C)C1. The van der Waals surface area contributed by atoms with Gasteiger partial charge in [0.2, 0.25) is 0 Å². The number of nitrogens with zero attached hydrogens (tertiary/aromatic N) is 1. The molecule has 4 heteroatoms. The zero-order chi connectivity index (χ0) is 11.7. The van der Waals surface area contributed by atoms with E-state index in [1.807, 2.05) is 37.1 Å². The molecule has 2 rings (SSSR count). The van der Waals surface area contributed by atoms with Crippen LogP contribution in [0, 0.1) is 6.92 Å². The molecular formula is C12H17NO2S. The molecule has 2 atom stereocenters. The van der Waals surface area contributed by atoms with Gasteiger partial charge in [-0.3, -0.25) is 4.79 Å². The number of carbonyl (C=O) groups excluding carboxylic acids is 1. The van der Waals surface area contributed by atoms with Gasteiger partial charge in [0.15, 0.2) is 0 Å². The highest BCUT2D eigenvalue weighted by molar-refractivity contribution is 7.12. The van der Waals surface area contributed by atoms with Gasteiger partial charge in [0.1, 0.15) is 0 Å². The van der Waals surface area contributed by atoms with Crippen LogP contribution in [-0.4, -0.2) is 36.1 Å². The van der Waals surface area contributed by atoms with Crippen molar-refractivity contribution in [2.45, 2.75) is 33.0 Å². The summed E-state index contributed by atoms with van der Waals surface area (Å²) in [5, 5.41) is 1.97. The summed E-state index contributed by atoms with van der Waals surface area (Å²) in [6.07, 6.45) is 0.265. The van der Waals surface area contributed by atoms with Crippen molar-refractivity contribution >= 4 is 17.2 Å². The molecule has 0 bridgehead atoms. The average Bonchev–Trinajstić information content (AvgIpc) is 2.62. The van der Waals surface area contributed by atoms with E-state index in [1.165, 1.54) is 11.3 Å². The van der Waals surface area contributed by atoms with E-state index in [9.17, 15) is 4.79 Å². The molecule has 0 N–H and O–H groups in total. The summed E-state index contributed by atoms with van der Waals surface area (Å²) in [5.74, 6) is 0.148. The maximum Gasteiger partial charge on any atom is 0.264 e. The van der Waals surface area contributed by atoms with E-state index < -0.39 is 0 Å². The standard InChI is InChI=1S/C12H17NO2S/c1-8-4-5-16-11(8)12(14)13-6-9(2)15-10(3)7-13/h4-5,9-10H,6-7H2,1-3H3/t9-,10+. The fourth-order valence-corrected chi connectivity index (χ4v) is 2.97. The Morgan fingerprint density at radius 1 is 1.44 bits per heavy atom. The number of hydrogen-bond acceptors (Lipinski definition) is 3. The molecule has 3 nitrogen and oxygen atoms in total. The van der Waals surface area contributed by atoms with Crippen molar-refractivity contribution in [2.24, 2.45) is 0 Å². The van der Waals surface area contributed by atoms with Crippen LogP contribution in [0.5, 0.6) is 0 Å². The zero-order valence-corrected chi connectivity index (χ0v) is 10.7. The van der Waals surface area contributed by atoms with Crippen molar-refractivity contribution < 1.29 is 9.53 Å². The summed E-state index contributed by atoms with van der Waals surface area (Å²) in [6, 6.07) is 1.99. The van der Waals surface area contributed by atoms with E-state index >= 15 is 0 Å². The van der Waals surface area contributed by atoms with Crippen LogP contribution in [0.3, 0.4) is 0 Å². The lowest BCUT2D eigenvalue weighted by Crippen LogP contribution is -2.48. The first-order valence-electron chi connectivity index (χ1n) is 5.56. The van der Waals surface area contributed by atoms with E-state index in [2.05, 4.69) is 0 Å². The second kappa shape index (κ2) is 4.55. The number of thiophene rings is 1. The van der Waals surface area contributed by atoms with E-state index in [0.717, 1.165) is 10.4 Å². The van der Waals surface area contributed by atoms with Crippen molar-refractivity contribution in [3.05, 3.63) is 21.9 Å². The molecule has 1 aromatic rings. The summed E-state index contributed by atoms with van der Waals surface area (Å²) in [7, 11) is 0. The lowest BCUT2D eigenvalue weighted by atomic mass is 10.2. The van der Waals surface area contributed by atoms with Crippen molar-refractivity contribution in [2.75, 3.05) is 13.1 Å². The quantitative estimate of drug-likeness (QED) is 0.752. The summed E-state index contributed by atoms with van der Waals surface area (Å²) in [4.78, 5) is 15.0. The van der Waals surface area contributed by atoms with Crippen molar-refractivity contribution in [1.82, 2.24) is 4.90 Å². The van der Waals surface area contributed by atoms with Crippen molar-refractivity contribution in [1.29, 1.82) is 0 Å². The fraction of sp³-hybridized carbons (Fsp3) is 0.583. The Labute approximate surface area is 100 Å². The molecule has 1 aliphatic heterocycles. The van der Waals surface area contributed by atoms with Crippen LogP contribution in [0.1, 0.15) is 29.1 Å². The van der Waals surface area contributed by atoms with Gasteiger partial charge in [0.25, 0.3) is 5.91 Å². The fourth-order valence-electron chi connectivity index (χ4n) is 2.08. The molecule has 0 aliphatic carbocycles. The maximum atomic E-state index is 12.3. The molecule has 1 fully saturated rings. The summed E-state index contributed by atoms with van der Waals surface area (Å²) in [6.45, 7) is 7.40. The monoisotopic (exact) mass is 239 g/mol. The molecule has 1 saturated heterocycles. The Morgan fingerprint density at radius 2 is 2.06 bits per heavy atom. The van der Waals surface area contributed by atoms with Gasteiger partial charge in [0.05, 0.1) is 17.1 Å². The molecule has 0 saturated carbocycles. The molecule has 16 heavy (non-hydrogen) atoms. The molecule has 1 aliphatic rings. The largest absolute Gasteiger partial charge is 0.372 e. The molecule has 1 amide bonds. The van der Waals surface area contributed by atoms with Crippen LogP contribution in [0.15, 0.2) is 11.4 Å². The number of rotatable bonds is 1. The first kappa shape index (κ1) is 11.6. The van der Waals surface area contributed by atoms with Crippen LogP contribution in [-0.2, 0) is 4.74 Å². The molecular weight excluding hydrogens is 222 g/mol. The number of hydrogen-bond donors (Lipinski definition) is 0. The number of carbonyl (C=O) groups is 1. The molecule has 0 aromatic carbocycles. The van der Waals surface area contributed by atoms with Crippen LogP contribution in [0.2, 0.25) is 0 Å². The van der Waals surface area contributed by atoms with Gasteiger partial charge < -0.3 is 9.64 Å². The van der Waals surface area contributed by atoms with Gasteiger partial charge in [-0.2, -0.15) is 0 Å².